The molecule has 7 nitrogen and oxygen atoms in total. The summed E-state index contributed by atoms with van der Waals surface area (Å²) >= 11 is 1.43. The Labute approximate surface area is 227 Å². The van der Waals surface area contributed by atoms with Crippen LogP contribution in [-0.2, 0) is 21.4 Å². The van der Waals surface area contributed by atoms with Gasteiger partial charge in [-0.1, -0.05) is 42.5 Å². The van der Waals surface area contributed by atoms with Gasteiger partial charge in [0.05, 0.1) is 11.4 Å². The highest BCUT2D eigenvalue weighted by atomic mass is 32.2. The Morgan fingerprint density at radius 3 is 2.53 bits per heavy atom. The van der Waals surface area contributed by atoms with Crippen LogP contribution in [0.3, 0.4) is 0 Å². The van der Waals surface area contributed by atoms with Crippen molar-refractivity contribution in [2.24, 2.45) is 0 Å². The highest BCUT2D eigenvalue weighted by Crippen LogP contribution is 2.36. The number of anilines is 2. The lowest BCUT2D eigenvalue weighted by atomic mass is 10.1. The minimum absolute atomic E-state index is 0.372. The number of carbonyl (C=O) groups is 1. The average Bonchev–Trinajstić information content (AvgIpc) is 3.55. The topological polar surface area (TPSA) is 97.4 Å². The summed E-state index contributed by atoms with van der Waals surface area (Å²) in [6.07, 6.45) is 7.27. The van der Waals surface area contributed by atoms with Gasteiger partial charge in [0, 0.05) is 34.8 Å². The van der Waals surface area contributed by atoms with E-state index in [1.54, 1.807) is 36.4 Å². The number of nitrogens with zero attached hydrogens (tertiary/aromatic N) is 2. The smallest absolute Gasteiger partial charge is 0.249 e. The van der Waals surface area contributed by atoms with Crippen LogP contribution in [0.2, 0.25) is 0 Å². The van der Waals surface area contributed by atoms with Gasteiger partial charge in [0.2, 0.25) is 15.9 Å². The van der Waals surface area contributed by atoms with Gasteiger partial charge >= 0.3 is 0 Å². The number of amides is 1. The first-order chi connectivity index (χ1) is 18.2. The van der Waals surface area contributed by atoms with Gasteiger partial charge in [0.25, 0.3) is 0 Å². The van der Waals surface area contributed by atoms with Crippen molar-refractivity contribution in [2.45, 2.75) is 11.8 Å². The predicted octanol–water partition coefficient (Wildman–Crippen LogP) is 5.62. The number of thiophene rings is 1. The minimum Gasteiger partial charge on any atom is -0.397 e. The zero-order valence-electron chi connectivity index (χ0n) is 21.2. The first-order valence-electron chi connectivity index (χ1n) is 11.9. The summed E-state index contributed by atoms with van der Waals surface area (Å²) in [6.45, 7) is 4.65. The molecule has 0 radical (unpaired) electrons. The summed E-state index contributed by atoms with van der Waals surface area (Å²) in [5.74, 6) is -0.372. The monoisotopic (exact) mass is 546 g/mol. The second-order valence-corrected chi connectivity index (χ2v) is 12.1. The van der Waals surface area contributed by atoms with Crippen LogP contribution in [0.25, 0.3) is 16.5 Å². The molecule has 2 aromatic carbocycles. The van der Waals surface area contributed by atoms with Gasteiger partial charge in [0.1, 0.15) is 5.25 Å². The zero-order chi connectivity index (χ0) is 27.3. The Kier molecular flexibility index (Phi) is 8.31. The fraction of sp³-hybridized carbons (Fsp3) is 0.138. The summed E-state index contributed by atoms with van der Waals surface area (Å²) in [5, 5.41) is 1.79. The molecule has 38 heavy (non-hydrogen) atoms. The van der Waals surface area contributed by atoms with Crippen molar-refractivity contribution in [3.63, 3.8) is 0 Å². The molecule has 4 aromatic rings. The largest absolute Gasteiger partial charge is 0.397 e. The molecule has 2 aromatic heterocycles. The molecule has 1 atom stereocenters. The van der Waals surface area contributed by atoms with E-state index in [1.807, 2.05) is 26.2 Å². The molecule has 0 bridgehead atoms. The normalized spacial score (nSPS) is 12.6. The Hall–Kier alpha value is -3.92. The van der Waals surface area contributed by atoms with Crippen LogP contribution in [0.15, 0.2) is 97.9 Å². The molecule has 0 aliphatic rings. The second kappa shape index (κ2) is 11.6. The number of para-hydroxylation sites is 2. The highest BCUT2D eigenvalue weighted by molar-refractivity contribution is 7.90. The maximum absolute atomic E-state index is 13.5. The molecular weight excluding hydrogens is 516 g/mol. The van der Waals surface area contributed by atoms with Crippen molar-refractivity contribution in [1.29, 1.82) is 0 Å². The fourth-order valence-corrected chi connectivity index (χ4v) is 6.80. The van der Waals surface area contributed by atoms with Gasteiger partial charge in [0.15, 0.2) is 0 Å². The number of hydrogen-bond acceptors (Lipinski definition) is 6. The van der Waals surface area contributed by atoms with E-state index in [1.165, 1.54) is 45.4 Å². The van der Waals surface area contributed by atoms with Crippen molar-refractivity contribution < 1.29 is 13.2 Å². The molecule has 0 saturated carbocycles. The number of carbonyl (C=O) groups excluding carboxylic acids is 1. The van der Waals surface area contributed by atoms with Gasteiger partial charge in [-0.2, -0.15) is 0 Å². The number of nitrogens with one attached hydrogen (secondary N) is 1. The summed E-state index contributed by atoms with van der Waals surface area (Å²) < 4.78 is 28.1. The van der Waals surface area contributed by atoms with E-state index in [2.05, 4.69) is 41.1 Å². The standard InChI is InChI=1S/C29H30N4O3S2/c1-4-28(27-15-14-26(37-27)23-12-9-21(10-13-23)19-32(2)3)38(35,36)33-18-17-22(20-33)11-16-29(34)31-25-8-6-5-7-24(25)30/h4-18,20,28H,1,19,30H2,2-3H3,(H,31,34)/b16-11+. The lowest BCUT2D eigenvalue weighted by molar-refractivity contribution is -0.111. The number of aromatic nitrogens is 1. The van der Waals surface area contributed by atoms with E-state index < -0.39 is 15.3 Å². The summed E-state index contributed by atoms with van der Waals surface area (Å²) in [5.41, 5.74) is 9.64. The van der Waals surface area contributed by atoms with E-state index in [9.17, 15) is 13.2 Å². The zero-order valence-corrected chi connectivity index (χ0v) is 22.9. The summed E-state index contributed by atoms with van der Waals surface area (Å²) in [6, 6.07) is 20.6. The van der Waals surface area contributed by atoms with E-state index >= 15 is 0 Å². The van der Waals surface area contributed by atoms with Gasteiger partial charge in [-0.15, -0.1) is 17.9 Å². The van der Waals surface area contributed by atoms with Gasteiger partial charge < -0.3 is 16.0 Å². The fourth-order valence-electron chi connectivity index (χ4n) is 3.92. The third kappa shape index (κ3) is 6.31. The number of benzene rings is 2. The van der Waals surface area contributed by atoms with Gasteiger partial charge in [-0.25, -0.2) is 8.42 Å². The first kappa shape index (κ1) is 27.1. The van der Waals surface area contributed by atoms with Crippen LogP contribution >= 0.6 is 11.3 Å². The number of rotatable bonds is 10. The van der Waals surface area contributed by atoms with Gasteiger partial charge in [-0.3, -0.25) is 8.77 Å². The predicted molar refractivity (Wildman–Crippen MR) is 157 cm³/mol. The first-order valence-corrected chi connectivity index (χ1v) is 14.2. The van der Waals surface area contributed by atoms with E-state index in [4.69, 9.17) is 5.73 Å². The molecular formula is C29H30N4O3S2. The molecule has 2 heterocycles. The Bertz CT molecular complexity index is 1570. The molecule has 196 valence electrons. The van der Waals surface area contributed by atoms with Crippen molar-refractivity contribution in [3.05, 3.63) is 114 Å². The van der Waals surface area contributed by atoms with Crippen molar-refractivity contribution in [3.8, 4) is 10.4 Å². The van der Waals surface area contributed by atoms with Crippen LogP contribution < -0.4 is 11.1 Å². The Morgan fingerprint density at radius 1 is 1.11 bits per heavy atom. The van der Waals surface area contributed by atoms with Crippen LogP contribution in [0.1, 0.15) is 21.3 Å². The average molecular weight is 547 g/mol. The van der Waals surface area contributed by atoms with Crippen LogP contribution in [0.4, 0.5) is 11.4 Å². The molecule has 0 saturated heterocycles. The lowest BCUT2D eigenvalue weighted by Gasteiger charge is -2.13. The highest BCUT2D eigenvalue weighted by Gasteiger charge is 2.27. The van der Waals surface area contributed by atoms with E-state index in [0.717, 1.165) is 17.0 Å². The quantitative estimate of drug-likeness (QED) is 0.153. The Balaban J connectivity index is 1.48. The van der Waals surface area contributed by atoms with Crippen LogP contribution in [0.5, 0.6) is 0 Å². The molecule has 1 unspecified atom stereocenters. The van der Waals surface area contributed by atoms with Crippen LogP contribution in [0, 0.1) is 0 Å². The number of hydrogen-bond donors (Lipinski definition) is 2. The molecule has 9 heteroatoms. The van der Waals surface area contributed by atoms with Crippen molar-refractivity contribution in [1.82, 2.24) is 8.87 Å². The third-order valence-electron chi connectivity index (χ3n) is 5.81. The molecule has 0 spiro atoms. The molecule has 3 N–H and O–H groups in total. The molecule has 1 amide bonds. The van der Waals surface area contributed by atoms with E-state index in [0.29, 0.717) is 21.8 Å². The summed E-state index contributed by atoms with van der Waals surface area (Å²) in [7, 11) is 0.240. The van der Waals surface area contributed by atoms with E-state index in [-0.39, 0.29) is 5.91 Å². The third-order valence-corrected chi connectivity index (χ3v) is 9.08. The maximum Gasteiger partial charge on any atom is 0.249 e. The minimum atomic E-state index is -3.81. The molecule has 0 fully saturated rings. The van der Waals surface area contributed by atoms with Gasteiger partial charge in [-0.05, 0) is 67.2 Å². The van der Waals surface area contributed by atoms with Crippen molar-refractivity contribution >= 4 is 44.7 Å². The SMILES string of the molecule is C=CC(c1ccc(-c2ccc(CN(C)C)cc2)s1)S(=O)(=O)n1ccc(/C=C/C(=O)Nc2ccccc2N)c1. The Morgan fingerprint density at radius 2 is 1.84 bits per heavy atom. The molecule has 0 aliphatic carbocycles. The number of nitrogen functional groups attached to an aromatic ring is 1. The molecule has 4 rings (SSSR count). The lowest BCUT2D eigenvalue weighted by Crippen LogP contribution is -2.17. The summed E-state index contributed by atoms with van der Waals surface area (Å²) in [4.78, 5) is 16.0. The van der Waals surface area contributed by atoms with Crippen LogP contribution in [-0.4, -0.2) is 37.3 Å². The molecule has 0 aliphatic heterocycles. The second-order valence-electron chi connectivity index (χ2n) is 9.02. The number of nitrogens with two attached hydrogens (primary N) is 1. The van der Waals surface area contributed by atoms with Crippen molar-refractivity contribution in [2.75, 3.05) is 25.1 Å². The maximum atomic E-state index is 13.5.